The molecule has 0 saturated carbocycles. The molecule has 1 aliphatic heterocycles. The number of carbonyl (C=O) groups excluding carboxylic acids is 2. The average Bonchev–Trinajstić information content (AvgIpc) is 3.27. The topological polar surface area (TPSA) is 120 Å². The molecule has 1 aromatic heterocycles. The zero-order chi connectivity index (χ0) is 22.8. The van der Waals surface area contributed by atoms with Gasteiger partial charge in [-0.3, -0.25) is 14.5 Å². The van der Waals surface area contributed by atoms with Gasteiger partial charge in [0.2, 0.25) is 0 Å². The van der Waals surface area contributed by atoms with Crippen molar-refractivity contribution in [2.75, 3.05) is 13.1 Å². The van der Waals surface area contributed by atoms with E-state index in [0.29, 0.717) is 22.5 Å². The van der Waals surface area contributed by atoms with Gasteiger partial charge >= 0.3 is 0 Å². The van der Waals surface area contributed by atoms with Crippen molar-refractivity contribution in [1.29, 1.82) is 5.26 Å². The van der Waals surface area contributed by atoms with Crippen molar-refractivity contribution in [3.05, 3.63) is 81.6 Å². The summed E-state index contributed by atoms with van der Waals surface area (Å²) in [5, 5.41) is 17.1. The monoisotopic (exact) mass is 429 g/mol. The van der Waals surface area contributed by atoms with Gasteiger partial charge in [-0.05, 0) is 37.1 Å². The van der Waals surface area contributed by atoms with Crippen LogP contribution in [0.3, 0.4) is 0 Å². The number of nitrogens with zero attached hydrogens (tertiary/aromatic N) is 5. The van der Waals surface area contributed by atoms with Gasteiger partial charge in [-0.15, -0.1) is 4.91 Å². The summed E-state index contributed by atoms with van der Waals surface area (Å²) in [5.41, 5.74) is 3.75. The highest BCUT2D eigenvalue weighted by molar-refractivity contribution is 6.21. The van der Waals surface area contributed by atoms with Crippen molar-refractivity contribution < 1.29 is 14.1 Å². The highest BCUT2D eigenvalue weighted by Crippen LogP contribution is 2.31. The molecule has 2 heterocycles. The molecule has 0 N–H and O–H groups in total. The third-order valence-electron chi connectivity index (χ3n) is 5.55. The zero-order valence-electron chi connectivity index (χ0n) is 17.5. The predicted molar refractivity (Wildman–Crippen MR) is 114 cm³/mol. The largest absolute Gasteiger partial charge is 0.361 e. The molecule has 0 bridgehead atoms. The van der Waals surface area contributed by atoms with Crippen LogP contribution in [-0.4, -0.2) is 40.0 Å². The van der Waals surface area contributed by atoms with Gasteiger partial charge in [0.05, 0.1) is 40.8 Å². The van der Waals surface area contributed by atoms with Gasteiger partial charge in [-0.2, -0.15) is 5.26 Å². The summed E-state index contributed by atoms with van der Waals surface area (Å²) in [6.07, 6.45) is 0. The molecule has 3 aromatic rings. The van der Waals surface area contributed by atoms with Crippen LogP contribution in [0, 0.1) is 30.1 Å². The number of imide groups is 1. The van der Waals surface area contributed by atoms with Gasteiger partial charge in [0.25, 0.3) is 11.8 Å². The third kappa shape index (κ3) is 3.52. The van der Waals surface area contributed by atoms with E-state index in [1.54, 1.807) is 36.4 Å². The molecular weight excluding hydrogens is 410 g/mol. The summed E-state index contributed by atoms with van der Waals surface area (Å²) in [6.45, 7) is 3.25. The van der Waals surface area contributed by atoms with Crippen molar-refractivity contribution in [1.82, 2.24) is 15.1 Å². The van der Waals surface area contributed by atoms with Crippen molar-refractivity contribution in [2.24, 2.45) is 5.29 Å². The number of amides is 2. The van der Waals surface area contributed by atoms with Gasteiger partial charge in [-0.1, -0.05) is 41.6 Å². The molecule has 0 fully saturated rings. The maximum atomic E-state index is 12.8. The molecule has 0 spiro atoms. The normalized spacial score (nSPS) is 13.6. The van der Waals surface area contributed by atoms with Crippen LogP contribution in [0.4, 0.5) is 0 Å². The van der Waals surface area contributed by atoms with E-state index in [4.69, 9.17) is 9.78 Å². The van der Waals surface area contributed by atoms with Crippen molar-refractivity contribution >= 4 is 11.8 Å². The molecule has 1 aliphatic rings. The molecule has 0 unspecified atom stereocenters. The number of hydrogen-bond acceptors (Lipinski definition) is 7. The Balaban J connectivity index is 1.68. The van der Waals surface area contributed by atoms with Crippen LogP contribution in [0.25, 0.3) is 11.1 Å². The van der Waals surface area contributed by atoms with E-state index >= 15 is 0 Å². The fraction of sp³-hybridized carbons (Fsp3) is 0.217. The van der Waals surface area contributed by atoms with E-state index in [2.05, 4.69) is 10.4 Å². The Bertz CT molecular complexity index is 1190. The predicted octanol–water partition coefficient (Wildman–Crippen LogP) is 3.80. The lowest BCUT2D eigenvalue weighted by atomic mass is 9.99. The molecular formula is C23H19N5O4. The number of rotatable bonds is 7. The summed E-state index contributed by atoms with van der Waals surface area (Å²) >= 11 is 0. The van der Waals surface area contributed by atoms with Gasteiger partial charge in [0.15, 0.2) is 0 Å². The molecule has 2 amide bonds. The van der Waals surface area contributed by atoms with Crippen molar-refractivity contribution in [3.63, 3.8) is 0 Å². The Kier molecular flexibility index (Phi) is 5.52. The molecule has 0 aliphatic carbocycles. The smallest absolute Gasteiger partial charge is 0.261 e. The zero-order valence-corrected chi connectivity index (χ0v) is 17.5. The number of hydrogen-bond donors (Lipinski definition) is 0. The first kappa shape index (κ1) is 20.9. The van der Waals surface area contributed by atoms with E-state index in [1.165, 1.54) is 0 Å². The van der Waals surface area contributed by atoms with Crippen molar-refractivity contribution in [2.45, 2.75) is 19.9 Å². The number of aromatic nitrogens is 1. The Morgan fingerprint density at radius 1 is 1.09 bits per heavy atom. The Labute approximate surface area is 183 Å². The lowest BCUT2D eigenvalue weighted by Crippen LogP contribution is -2.39. The summed E-state index contributed by atoms with van der Waals surface area (Å²) in [7, 11) is 0. The van der Waals surface area contributed by atoms with E-state index in [9.17, 15) is 14.5 Å². The second-order valence-electron chi connectivity index (χ2n) is 7.44. The number of carbonyl (C=O) groups is 2. The minimum atomic E-state index is -0.784. The molecule has 32 heavy (non-hydrogen) atoms. The SMILES string of the molecule is Cc1noc(C)c1-c1ccc([C@H](CN2C(=O)c3ccccc3C2=O)N(CC#N)N=O)cc1. The van der Waals surface area contributed by atoms with Gasteiger partial charge in [0.1, 0.15) is 12.3 Å². The summed E-state index contributed by atoms with van der Waals surface area (Å²) < 4.78 is 5.23. The highest BCUT2D eigenvalue weighted by atomic mass is 16.5. The molecule has 4 rings (SSSR count). The third-order valence-corrected chi connectivity index (χ3v) is 5.55. The molecule has 2 aromatic carbocycles. The van der Waals surface area contributed by atoms with Crippen LogP contribution in [-0.2, 0) is 0 Å². The van der Waals surface area contributed by atoms with Crippen LogP contribution < -0.4 is 0 Å². The fourth-order valence-corrected chi connectivity index (χ4v) is 3.99. The molecule has 9 heteroatoms. The number of fused-ring (bicyclic) bond motifs is 1. The van der Waals surface area contributed by atoms with Crippen LogP contribution in [0.1, 0.15) is 43.8 Å². The number of nitriles is 1. The maximum Gasteiger partial charge on any atom is 0.261 e. The second-order valence-corrected chi connectivity index (χ2v) is 7.44. The first-order valence-corrected chi connectivity index (χ1v) is 9.91. The molecule has 160 valence electrons. The minimum absolute atomic E-state index is 0.121. The second kappa shape index (κ2) is 8.43. The van der Waals surface area contributed by atoms with Gasteiger partial charge in [0, 0.05) is 5.56 Å². The van der Waals surface area contributed by atoms with E-state index in [-0.39, 0.29) is 13.1 Å². The first-order valence-electron chi connectivity index (χ1n) is 9.91. The van der Waals surface area contributed by atoms with Gasteiger partial charge in [-0.25, -0.2) is 5.01 Å². The highest BCUT2D eigenvalue weighted by Gasteiger charge is 2.38. The standard InChI is InChI=1S/C23H19N5O4/c1-14-21(15(2)32-25-14)17-9-7-16(8-10-17)20(28(26-31)12-11-24)13-27-22(29)18-5-3-4-6-19(18)23(27)30/h3-10,20H,12-13H2,1-2H3/t20-/m0/s1. The van der Waals surface area contributed by atoms with Crippen LogP contribution in [0.2, 0.25) is 0 Å². The van der Waals surface area contributed by atoms with E-state index in [1.807, 2.05) is 32.0 Å². The van der Waals surface area contributed by atoms with Crippen LogP contribution in [0.5, 0.6) is 0 Å². The van der Waals surface area contributed by atoms with Crippen LogP contribution >= 0.6 is 0 Å². The number of benzene rings is 2. The molecule has 0 radical (unpaired) electrons. The lowest BCUT2D eigenvalue weighted by Gasteiger charge is -2.28. The van der Waals surface area contributed by atoms with E-state index in [0.717, 1.165) is 26.7 Å². The number of aryl methyl sites for hydroxylation is 2. The molecule has 1 atom stereocenters. The summed E-state index contributed by atoms with van der Waals surface area (Å²) in [5.74, 6) is -0.199. The van der Waals surface area contributed by atoms with Crippen LogP contribution in [0.15, 0.2) is 58.3 Å². The first-order chi connectivity index (χ1) is 15.5. The maximum absolute atomic E-state index is 12.8. The minimum Gasteiger partial charge on any atom is -0.361 e. The Morgan fingerprint density at radius 2 is 1.72 bits per heavy atom. The average molecular weight is 429 g/mol. The lowest BCUT2D eigenvalue weighted by molar-refractivity contribution is 0.0595. The summed E-state index contributed by atoms with van der Waals surface area (Å²) in [6, 6.07) is 14.9. The number of nitroso groups, excluding NO2 is 1. The Hall–Kier alpha value is -4.32. The quantitative estimate of drug-likeness (QED) is 0.242. The summed E-state index contributed by atoms with van der Waals surface area (Å²) in [4.78, 5) is 38.3. The van der Waals surface area contributed by atoms with Gasteiger partial charge < -0.3 is 4.52 Å². The molecule has 9 nitrogen and oxygen atoms in total. The van der Waals surface area contributed by atoms with E-state index < -0.39 is 17.9 Å². The molecule has 0 saturated heterocycles. The Morgan fingerprint density at radius 3 is 2.22 bits per heavy atom. The van der Waals surface area contributed by atoms with Crippen molar-refractivity contribution in [3.8, 4) is 17.2 Å². The fourth-order valence-electron chi connectivity index (χ4n) is 3.99.